The highest BCUT2D eigenvalue weighted by atomic mass is 35.5. The van der Waals surface area contributed by atoms with E-state index in [2.05, 4.69) is 4.98 Å². The quantitative estimate of drug-likeness (QED) is 0.617. The maximum Gasteiger partial charge on any atom is 0.367 e. The van der Waals surface area contributed by atoms with E-state index in [4.69, 9.17) is 16.3 Å². The zero-order valence-corrected chi connectivity index (χ0v) is 13.1. The molecule has 0 aliphatic heterocycles. The van der Waals surface area contributed by atoms with E-state index in [-0.39, 0.29) is 5.97 Å². The third-order valence-corrected chi connectivity index (χ3v) is 4.08. The number of hydrogen-bond donors (Lipinski definition) is 0. The minimum atomic E-state index is -0.369. The van der Waals surface area contributed by atoms with E-state index >= 15 is 0 Å². The number of hydrogen-bond acceptors (Lipinski definition) is 4. The number of aromatic nitrogens is 1. The summed E-state index contributed by atoms with van der Waals surface area (Å²) in [5.41, 5.74) is 3.02. The van der Waals surface area contributed by atoms with Gasteiger partial charge >= 0.3 is 5.97 Å². The highest BCUT2D eigenvalue weighted by Gasteiger charge is 2.18. The summed E-state index contributed by atoms with van der Waals surface area (Å²) in [4.78, 5) is 17.2. The zero-order valence-electron chi connectivity index (χ0n) is 11.5. The van der Waals surface area contributed by atoms with Crippen molar-refractivity contribution < 1.29 is 9.53 Å². The summed E-state index contributed by atoms with van der Waals surface area (Å²) in [7, 11) is 0. The fourth-order valence-corrected chi connectivity index (χ4v) is 3.10. The lowest BCUT2D eigenvalue weighted by molar-refractivity contribution is 0.0526. The zero-order chi connectivity index (χ0) is 14.5. The van der Waals surface area contributed by atoms with Crippen LogP contribution in [0.4, 0.5) is 0 Å². The molecule has 0 unspecified atom stereocenters. The van der Waals surface area contributed by atoms with Gasteiger partial charge in [0.2, 0.25) is 5.01 Å². The second-order valence-electron chi connectivity index (χ2n) is 4.32. The number of nitrogens with zero attached hydrogens (tertiary/aromatic N) is 1. The van der Waals surface area contributed by atoms with Gasteiger partial charge in [0.05, 0.1) is 12.3 Å². The summed E-state index contributed by atoms with van der Waals surface area (Å²) in [6.45, 7) is 4.17. The van der Waals surface area contributed by atoms with Crippen LogP contribution in [-0.4, -0.2) is 23.4 Å². The van der Waals surface area contributed by atoms with Crippen LogP contribution in [0.3, 0.4) is 0 Å². The summed E-state index contributed by atoms with van der Waals surface area (Å²) in [5.74, 6) is 0.134. The van der Waals surface area contributed by atoms with Crippen molar-refractivity contribution in [1.29, 1.82) is 0 Å². The van der Waals surface area contributed by atoms with Crippen molar-refractivity contribution in [2.75, 3.05) is 12.5 Å². The molecule has 0 saturated heterocycles. The minimum Gasteiger partial charge on any atom is -0.461 e. The first-order valence-corrected chi connectivity index (χ1v) is 7.80. The smallest absolute Gasteiger partial charge is 0.367 e. The molecule has 1 aromatic carbocycles. The molecule has 3 nitrogen and oxygen atoms in total. The molecule has 106 valence electrons. The van der Waals surface area contributed by atoms with Crippen LogP contribution in [0.1, 0.15) is 27.2 Å². The van der Waals surface area contributed by atoms with E-state index in [1.807, 2.05) is 31.2 Å². The molecule has 0 amide bonds. The molecular formula is C15H16ClNO2S. The van der Waals surface area contributed by atoms with Gasteiger partial charge in [-0.15, -0.1) is 22.9 Å². The number of carbonyl (C=O) groups is 1. The van der Waals surface area contributed by atoms with Gasteiger partial charge in [0.25, 0.3) is 0 Å². The first-order chi connectivity index (χ1) is 9.65. The van der Waals surface area contributed by atoms with Crippen LogP contribution in [-0.2, 0) is 11.2 Å². The van der Waals surface area contributed by atoms with Crippen LogP contribution in [0.25, 0.3) is 11.3 Å². The summed E-state index contributed by atoms with van der Waals surface area (Å²) in [5, 5.41) is 0.391. The predicted octanol–water partition coefficient (Wildman–Crippen LogP) is 4.08. The van der Waals surface area contributed by atoms with E-state index in [0.29, 0.717) is 23.9 Å². The Morgan fingerprint density at radius 3 is 2.65 bits per heavy atom. The molecule has 2 rings (SSSR count). The lowest BCUT2D eigenvalue weighted by atomic mass is 10.1. The average molecular weight is 310 g/mol. The van der Waals surface area contributed by atoms with E-state index in [1.54, 1.807) is 6.92 Å². The number of esters is 1. The number of carbonyl (C=O) groups excluding carboxylic acids is 1. The maximum atomic E-state index is 11.8. The first-order valence-electron chi connectivity index (χ1n) is 6.45. The topological polar surface area (TPSA) is 39.2 Å². The standard InChI is InChI=1S/C15H16ClNO2S/c1-3-19-15(18)14-17-13(12(20-14)8-9-16)11-6-4-10(2)5-7-11/h4-7H,3,8-9H2,1-2H3. The molecule has 1 aromatic heterocycles. The van der Waals surface area contributed by atoms with E-state index < -0.39 is 0 Å². The van der Waals surface area contributed by atoms with Crippen LogP contribution in [0, 0.1) is 6.92 Å². The SMILES string of the molecule is CCOC(=O)c1nc(-c2ccc(C)cc2)c(CCCl)s1. The van der Waals surface area contributed by atoms with Crippen LogP contribution in [0.15, 0.2) is 24.3 Å². The Hall–Kier alpha value is -1.39. The van der Waals surface area contributed by atoms with E-state index in [9.17, 15) is 4.79 Å². The molecule has 0 N–H and O–H groups in total. The molecule has 0 atom stereocenters. The molecule has 0 radical (unpaired) electrons. The van der Waals surface area contributed by atoms with Gasteiger partial charge in [0.1, 0.15) is 0 Å². The number of rotatable bonds is 5. The molecule has 0 saturated carbocycles. The Morgan fingerprint density at radius 2 is 2.05 bits per heavy atom. The number of aryl methyl sites for hydroxylation is 2. The van der Waals surface area contributed by atoms with Gasteiger partial charge in [0.15, 0.2) is 0 Å². The van der Waals surface area contributed by atoms with Crippen LogP contribution < -0.4 is 0 Å². The third-order valence-electron chi connectivity index (χ3n) is 2.79. The summed E-state index contributed by atoms with van der Waals surface area (Å²) in [6.07, 6.45) is 0.696. The highest BCUT2D eigenvalue weighted by molar-refractivity contribution is 7.14. The van der Waals surface area contributed by atoms with Crippen molar-refractivity contribution in [3.63, 3.8) is 0 Å². The van der Waals surface area contributed by atoms with Crippen molar-refractivity contribution >= 4 is 28.9 Å². The second kappa shape index (κ2) is 6.86. The number of benzene rings is 1. The lowest BCUT2D eigenvalue weighted by Gasteiger charge is -2.01. The third kappa shape index (κ3) is 3.38. The van der Waals surface area contributed by atoms with Crippen LogP contribution in [0.2, 0.25) is 0 Å². The highest BCUT2D eigenvalue weighted by Crippen LogP contribution is 2.29. The van der Waals surface area contributed by atoms with Crippen LogP contribution in [0.5, 0.6) is 0 Å². The fourth-order valence-electron chi connectivity index (χ4n) is 1.82. The largest absolute Gasteiger partial charge is 0.461 e. The molecule has 0 fully saturated rings. The fraction of sp³-hybridized carbons (Fsp3) is 0.333. The van der Waals surface area contributed by atoms with E-state index in [1.165, 1.54) is 16.9 Å². The summed E-state index contributed by atoms with van der Waals surface area (Å²) < 4.78 is 5.01. The molecule has 0 aliphatic rings. The molecule has 2 aromatic rings. The Labute approximate surface area is 127 Å². The number of halogens is 1. The van der Waals surface area contributed by atoms with Gasteiger partial charge in [-0.2, -0.15) is 0 Å². The van der Waals surface area contributed by atoms with Gasteiger partial charge in [-0.05, 0) is 20.3 Å². The Morgan fingerprint density at radius 1 is 1.35 bits per heavy atom. The molecule has 20 heavy (non-hydrogen) atoms. The molecule has 0 aliphatic carbocycles. The van der Waals surface area contributed by atoms with E-state index in [0.717, 1.165) is 16.1 Å². The number of alkyl halides is 1. The Bertz CT molecular complexity index is 592. The maximum absolute atomic E-state index is 11.8. The van der Waals surface area contributed by atoms with Gasteiger partial charge in [-0.25, -0.2) is 9.78 Å². The number of thiazole rings is 1. The van der Waals surface area contributed by atoms with Crippen molar-refractivity contribution in [1.82, 2.24) is 4.98 Å². The Kier molecular flexibility index (Phi) is 5.15. The lowest BCUT2D eigenvalue weighted by Crippen LogP contribution is -2.03. The van der Waals surface area contributed by atoms with Crippen molar-refractivity contribution in [3.05, 3.63) is 39.7 Å². The first kappa shape index (κ1) is 15.0. The van der Waals surface area contributed by atoms with Gasteiger partial charge in [0, 0.05) is 16.3 Å². The molecule has 5 heteroatoms. The monoisotopic (exact) mass is 309 g/mol. The van der Waals surface area contributed by atoms with Gasteiger partial charge < -0.3 is 4.74 Å². The van der Waals surface area contributed by atoms with Crippen LogP contribution >= 0.6 is 22.9 Å². The van der Waals surface area contributed by atoms with Crippen molar-refractivity contribution in [2.45, 2.75) is 20.3 Å². The summed E-state index contributed by atoms with van der Waals surface area (Å²) in [6, 6.07) is 8.08. The number of ether oxygens (including phenoxy) is 1. The predicted molar refractivity (Wildman–Crippen MR) is 82.7 cm³/mol. The molecule has 0 spiro atoms. The Balaban J connectivity index is 2.39. The molecular weight excluding hydrogens is 294 g/mol. The van der Waals surface area contributed by atoms with Crippen molar-refractivity contribution in [3.8, 4) is 11.3 Å². The normalized spacial score (nSPS) is 10.6. The molecule has 1 heterocycles. The minimum absolute atomic E-state index is 0.350. The van der Waals surface area contributed by atoms with Crippen molar-refractivity contribution in [2.24, 2.45) is 0 Å². The van der Waals surface area contributed by atoms with Gasteiger partial charge in [-0.1, -0.05) is 29.8 Å². The molecule has 0 bridgehead atoms. The summed E-state index contributed by atoms with van der Waals surface area (Å²) >= 11 is 7.19. The van der Waals surface area contributed by atoms with Gasteiger partial charge in [-0.3, -0.25) is 0 Å². The average Bonchev–Trinajstić information content (AvgIpc) is 2.84. The second-order valence-corrected chi connectivity index (χ2v) is 5.78.